The average molecular weight is 437 g/mol. The van der Waals surface area contributed by atoms with E-state index in [-0.39, 0.29) is 17.9 Å². The van der Waals surface area contributed by atoms with Gasteiger partial charge in [-0.2, -0.15) is 0 Å². The maximum Gasteiger partial charge on any atom is 0.338 e. The van der Waals surface area contributed by atoms with Gasteiger partial charge in [-0.1, -0.05) is 32.9 Å². The van der Waals surface area contributed by atoms with Crippen molar-refractivity contribution in [2.24, 2.45) is 0 Å². The zero-order chi connectivity index (χ0) is 17.7. The van der Waals surface area contributed by atoms with Crippen LogP contribution in [0, 0.1) is 3.57 Å². The maximum absolute atomic E-state index is 11.9. The molecule has 1 N–H and O–H groups in total. The number of ether oxygens (including phenoxy) is 1. The van der Waals surface area contributed by atoms with Crippen molar-refractivity contribution in [1.29, 1.82) is 0 Å². The van der Waals surface area contributed by atoms with Crippen LogP contribution in [-0.2, 0) is 14.9 Å². The number of amides is 1. The molecule has 2 aromatic carbocycles. The van der Waals surface area contributed by atoms with Gasteiger partial charge in [0.25, 0.3) is 5.91 Å². The molecule has 1 amide bonds. The molecule has 0 fully saturated rings. The maximum atomic E-state index is 11.9. The number of anilines is 1. The molecule has 0 spiro atoms. The van der Waals surface area contributed by atoms with E-state index in [1.165, 1.54) is 5.56 Å². The number of esters is 1. The molecule has 0 aliphatic carbocycles. The van der Waals surface area contributed by atoms with Crippen LogP contribution in [-0.4, -0.2) is 18.5 Å². The van der Waals surface area contributed by atoms with Crippen molar-refractivity contribution < 1.29 is 14.3 Å². The SMILES string of the molecule is CC(C)(C)c1ccc(NC(=O)COC(=O)c2ccc(I)cc2)cc1. The largest absolute Gasteiger partial charge is 0.452 e. The highest BCUT2D eigenvalue weighted by Gasteiger charge is 2.14. The molecule has 0 saturated carbocycles. The molecule has 0 bridgehead atoms. The summed E-state index contributed by atoms with van der Waals surface area (Å²) < 4.78 is 6.05. The third-order valence-corrected chi connectivity index (χ3v) is 4.17. The van der Waals surface area contributed by atoms with Crippen LogP contribution < -0.4 is 5.32 Å². The normalized spacial score (nSPS) is 11.0. The molecule has 0 aliphatic heterocycles. The van der Waals surface area contributed by atoms with Crippen LogP contribution >= 0.6 is 22.6 Å². The fourth-order valence-corrected chi connectivity index (χ4v) is 2.41. The van der Waals surface area contributed by atoms with Crippen LogP contribution in [0.1, 0.15) is 36.7 Å². The Balaban J connectivity index is 1.87. The molecule has 24 heavy (non-hydrogen) atoms. The van der Waals surface area contributed by atoms with Crippen LogP contribution in [0.2, 0.25) is 0 Å². The molecule has 126 valence electrons. The summed E-state index contributed by atoms with van der Waals surface area (Å²) in [5.41, 5.74) is 2.35. The van der Waals surface area contributed by atoms with Gasteiger partial charge in [0.2, 0.25) is 0 Å². The van der Waals surface area contributed by atoms with E-state index in [4.69, 9.17) is 4.74 Å². The van der Waals surface area contributed by atoms with E-state index >= 15 is 0 Å². The topological polar surface area (TPSA) is 55.4 Å². The zero-order valence-electron chi connectivity index (χ0n) is 13.9. The third kappa shape index (κ3) is 5.33. The Morgan fingerprint density at radius 3 is 2.12 bits per heavy atom. The first kappa shape index (κ1) is 18.4. The fourth-order valence-electron chi connectivity index (χ4n) is 2.05. The fraction of sp³-hybridized carbons (Fsp3) is 0.263. The van der Waals surface area contributed by atoms with E-state index < -0.39 is 5.97 Å². The summed E-state index contributed by atoms with van der Waals surface area (Å²) in [4.78, 5) is 23.8. The summed E-state index contributed by atoms with van der Waals surface area (Å²) in [6.45, 7) is 6.08. The second-order valence-corrected chi connectivity index (χ2v) is 7.70. The molecular formula is C19H20INO3. The smallest absolute Gasteiger partial charge is 0.338 e. The average Bonchev–Trinajstić information content (AvgIpc) is 2.53. The predicted octanol–water partition coefficient (Wildman–Crippen LogP) is 4.38. The minimum Gasteiger partial charge on any atom is -0.452 e. The summed E-state index contributed by atoms with van der Waals surface area (Å²) >= 11 is 2.16. The molecule has 0 radical (unpaired) electrons. The van der Waals surface area contributed by atoms with Gasteiger partial charge in [-0.05, 0) is 70.0 Å². The summed E-state index contributed by atoms with van der Waals surface area (Å²) in [5.74, 6) is -0.873. The number of nitrogens with one attached hydrogen (secondary N) is 1. The lowest BCUT2D eigenvalue weighted by molar-refractivity contribution is -0.119. The molecule has 0 saturated heterocycles. The minimum absolute atomic E-state index is 0.0611. The lowest BCUT2D eigenvalue weighted by Gasteiger charge is -2.19. The Kier molecular flexibility index (Phi) is 5.99. The van der Waals surface area contributed by atoms with Crippen LogP contribution in [0.3, 0.4) is 0 Å². The van der Waals surface area contributed by atoms with Crippen molar-refractivity contribution in [3.8, 4) is 0 Å². The standard InChI is InChI=1S/C19H20INO3/c1-19(2,3)14-6-10-16(11-7-14)21-17(22)12-24-18(23)13-4-8-15(20)9-5-13/h4-11H,12H2,1-3H3,(H,21,22). The number of hydrogen-bond donors (Lipinski definition) is 1. The van der Waals surface area contributed by atoms with Gasteiger partial charge in [-0.15, -0.1) is 0 Å². The lowest BCUT2D eigenvalue weighted by Crippen LogP contribution is -2.21. The highest BCUT2D eigenvalue weighted by Crippen LogP contribution is 2.23. The minimum atomic E-state index is -0.510. The van der Waals surface area contributed by atoms with Gasteiger partial charge < -0.3 is 10.1 Å². The highest BCUT2D eigenvalue weighted by atomic mass is 127. The van der Waals surface area contributed by atoms with Crippen LogP contribution in [0.25, 0.3) is 0 Å². The predicted molar refractivity (Wildman–Crippen MR) is 103 cm³/mol. The lowest BCUT2D eigenvalue weighted by atomic mass is 9.87. The first-order valence-corrected chi connectivity index (χ1v) is 8.67. The monoisotopic (exact) mass is 437 g/mol. The Labute approximate surface area is 155 Å². The second kappa shape index (κ2) is 7.79. The van der Waals surface area contributed by atoms with Crippen molar-refractivity contribution in [2.75, 3.05) is 11.9 Å². The van der Waals surface area contributed by atoms with Gasteiger partial charge in [0.1, 0.15) is 0 Å². The Morgan fingerprint density at radius 1 is 1.00 bits per heavy atom. The zero-order valence-corrected chi connectivity index (χ0v) is 16.1. The molecule has 0 aliphatic rings. The van der Waals surface area contributed by atoms with Crippen molar-refractivity contribution in [1.82, 2.24) is 0 Å². The molecule has 0 aromatic heterocycles. The summed E-state index contributed by atoms with van der Waals surface area (Å²) in [6.07, 6.45) is 0. The Morgan fingerprint density at radius 2 is 1.58 bits per heavy atom. The van der Waals surface area contributed by atoms with Gasteiger partial charge >= 0.3 is 5.97 Å². The summed E-state index contributed by atoms with van der Waals surface area (Å²) in [6, 6.07) is 14.6. The van der Waals surface area contributed by atoms with Crippen LogP contribution in [0.4, 0.5) is 5.69 Å². The van der Waals surface area contributed by atoms with Crippen molar-refractivity contribution in [3.05, 3.63) is 63.2 Å². The van der Waals surface area contributed by atoms with E-state index in [9.17, 15) is 9.59 Å². The Hall–Kier alpha value is -1.89. The molecular weight excluding hydrogens is 417 g/mol. The highest BCUT2D eigenvalue weighted by molar-refractivity contribution is 14.1. The van der Waals surface area contributed by atoms with E-state index in [0.717, 1.165) is 3.57 Å². The first-order chi connectivity index (χ1) is 11.3. The van der Waals surface area contributed by atoms with Crippen molar-refractivity contribution >= 4 is 40.2 Å². The number of benzene rings is 2. The molecule has 5 heteroatoms. The van der Waals surface area contributed by atoms with E-state index in [1.54, 1.807) is 12.1 Å². The number of carbonyl (C=O) groups is 2. The molecule has 2 aromatic rings. The number of halogens is 1. The molecule has 0 atom stereocenters. The second-order valence-electron chi connectivity index (χ2n) is 6.46. The number of rotatable bonds is 4. The van der Waals surface area contributed by atoms with E-state index in [1.807, 2.05) is 36.4 Å². The van der Waals surface area contributed by atoms with Crippen molar-refractivity contribution in [3.63, 3.8) is 0 Å². The van der Waals surface area contributed by atoms with Gasteiger partial charge in [0.05, 0.1) is 5.56 Å². The number of hydrogen-bond acceptors (Lipinski definition) is 3. The van der Waals surface area contributed by atoms with Gasteiger partial charge in [0, 0.05) is 9.26 Å². The Bertz CT molecular complexity index is 716. The van der Waals surface area contributed by atoms with Gasteiger partial charge in [-0.25, -0.2) is 4.79 Å². The molecule has 0 unspecified atom stereocenters. The van der Waals surface area contributed by atoms with E-state index in [0.29, 0.717) is 11.3 Å². The third-order valence-electron chi connectivity index (χ3n) is 3.45. The summed E-state index contributed by atoms with van der Waals surface area (Å²) in [5, 5.41) is 2.72. The van der Waals surface area contributed by atoms with Crippen LogP contribution in [0.15, 0.2) is 48.5 Å². The van der Waals surface area contributed by atoms with Crippen LogP contribution in [0.5, 0.6) is 0 Å². The van der Waals surface area contributed by atoms with Gasteiger partial charge in [-0.3, -0.25) is 4.79 Å². The molecule has 0 heterocycles. The molecule has 2 rings (SSSR count). The quantitative estimate of drug-likeness (QED) is 0.571. The summed E-state index contributed by atoms with van der Waals surface area (Å²) in [7, 11) is 0. The molecule has 4 nitrogen and oxygen atoms in total. The van der Waals surface area contributed by atoms with Crippen molar-refractivity contribution in [2.45, 2.75) is 26.2 Å². The van der Waals surface area contributed by atoms with Gasteiger partial charge in [0.15, 0.2) is 6.61 Å². The van der Waals surface area contributed by atoms with E-state index in [2.05, 4.69) is 48.7 Å². The number of carbonyl (C=O) groups excluding carboxylic acids is 2. The first-order valence-electron chi connectivity index (χ1n) is 7.59.